The summed E-state index contributed by atoms with van der Waals surface area (Å²) < 4.78 is 23.0. The Hall–Kier alpha value is -2.89. The minimum Gasteiger partial charge on any atom is -0.482 e. The number of benzene rings is 2. The molecule has 2 aromatic rings. The SMILES string of the molecule is CCc1ccc(NC(=O)[C@@H](C)OC(=O)COc2ccc(F)cc2)cc1. The first kappa shape index (κ1) is 18.4. The van der Waals surface area contributed by atoms with Crippen molar-refractivity contribution in [2.45, 2.75) is 26.4 Å². The van der Waals surface area contributed by atoms with Gasteiger partial charge in [0.05, 0.1) is 0 Å². The number of amides is 1. The molecular formula is C19H20FNO4. The summed E-state index contributed by atoms with van der Waals surface area (Å²) in [5.74, 6) is -1.17. The van der Waals surface area contributed by atoms with Crippen LogP contribution < -0.4 is 10.1 Å². The molecule has 0 bridgehead atoms. The Kier molecular flexibility index (Phi) is 6.51. The van der Waals surface area contributed by atoms with E-state index in [-0.39, 0.29) is 6.61 Å². The molecule has 0 unspecified atom stereocenters. The molecule has 0 saturated heterocycles. The zero-order valence-corrected chi connectivity index (χ0v) is 14.1. The highest BCUT2D eigenvalue weighted by Gasteiger charge is 2.18. The quantitative estimate of drug-likeness (QED) is 0.782. The number of esters is 1. The summed E-state index contributed by atoms with van der Waals surface area (Å²) in [4.78, 5) is 23.8. The predicted molar refractivity (Wildman–Crippen MR) is 91.9 cm³/mol. The Balaban J connectivity index is 1.78. The number of nitrogens with one attached hydrogen (secondary N) is 1. The lowest BCUT2D eigenvalue weighted by atomic mass is 10.1. The fourth-order valence-electron chi connectivity index (χ4n) is 2.03. The van der Waals surface area contributed by atoms with E-state index in [0.29, 0.717) is 11.4 Å². The number of rotatable bonds is 7. The largest absolute Gasteiger partial charge is 0.482 e. The number of anilines is 1. The summed E-state index contributed by atoms with van der Waals surface area (Å²) in [6, 6.07) is 12.7. The fourth-order valence-corrected chi connectivity index (χ4v) is 2.03. The van der Waals surface area contributed by atoms with Gasteiger partial charge >= 0.3 is 5.97 Å². The minimum atomic E-state index is -0.963. The lowest BCUT2D eigenvalue weighted by molar-refractivity contribution is -0.155. The number of ether oxygens (including phenoxy) is 2. The van der Waals surface area contributed by atoms with Crippen molar-refractivity contribution in [3.8, 4) is 5.75 Å². The number of carbonyl (C=O) groups is 2. The third-order valence-electron chi connectivity index (χ3n) is 3.48. The Labute approximate surface area is 145 Å². The summed E-state index contributed by atoms with van der Waals surface area (Å²) in [6.07, 6.45) is -0.0498. The minimum absolute atomic E-state index is 0.339. The van der Waals surface area contributed by atoms with Gasteiger partial charge in [0.15, 0.2) is 12.7 Å². The van der Waals surface area contributed by atoms with E-state index in [2.05, 4.69) is 5.32 Å². The van der Waals surface area contributed by atoms with Gasteiger partial charge in [-0.25, -0.2) is 9.18 Å². The van der Waals surface area contributed by atoms with Crippen LogP contribution in [0.25, 0.3) is 0 Å². The van der Waals surface area contributed by atoms with Crippen LogP contribution in [0.3, 0.4) is 0 Å². The summed E-state index contributed by atoms with van der Waals surface area (Å²) >= 11 is 0. The third kappa shape index (κ3) is 5.91. The van der Waals surface area contributed by atoms with E-state index in [9.17, 15) is 14.0 Å². The van der Waals surface area contributed by atoms with Gasteiger partial charge in [0.2, 0.25) is 0 Å². The average molecular weight is 345 g/mol. The molecule has 6 heteroatoms. The van der Waals surface area contributed by atoms with Gasteiger partial charge in [-0.05, 0) is 55.3 Å². The molecule has 5 nitrogen and oxygen atoms in total. The molecule has 0 fully saturated rings. The van der Waals surface area contributed by atoms with Gasteiger partial charge in [-0.1, -0.05) is 19.1 Å². The Morgan fingerprint density at radius 2 is 1.72 bits per heavy atom. The second kappa shape index (κ2) is 8.82. The highest BCUT2D eigenvalue weighted by Crippen LogP contribution is 2.12. The van der Waals surface area contributed by atoms with Crippen molar-refractivity contribution >= 4 is 17.6 Å². The number of carbonyl (C=O) groups excluding carboxylic acids is 2. The van der Waals surface area contributed by atoms with Gasteiger partial charge < -0.3 is 14.8 Å². The standard InChI is InChI=1S/C19H20FNO4/c1-3-14-4-8-16(9-5-14)21-19(23)13(2)25-18(22)12-24-17-10-6-15(20)7-11-17/h4-11,13H,3,12H2,1-2H3,(H,21,23)/t13-/m1/s1. The first-order valence-electron chi connectivity index (χ1n) is 7.95. The Bertz CT molecular complexity index is 713. The van der Waals surface area contributed by atoms with Crippen LogP contribution in [0.4, 0.5) is 10.1 Å². The van der Waals surface area contributed by atoms with Crippen LogP contribution in [0.5, 0.6) is 5.75 Å². The van der Waals surface area contributed by atoms with Gasteiger partial charge in [0.1, 0.15) is 11.6 Å². The first-order chi connectivity index (χ1) is 12.0. The molecular weight excluding hydrogens is 325 g/mol. The molecule has 2 aromatic carbocycles. The summed E-state index contributed by atoms with van der Waals surface area (Å²) in [5, 5.41) is 2.68. The second-order valence-electron chi connectivity index (χ2n) is 5.41. The molecule has 0 saturated carbocycles. The van der Waals surface area contributed by atoms with Crippen LogP contribution in [0, 0.1) is 5.82 Å². The summed E-state index contributed by atoms with van der Waals surface area (Å²) in [5.41, 5.74) is 1.79. The molecule has 0 heterocycles. The van der Waals surface area contributed by atoms with E-state index in [1.807, 2.05) is 19.1 Å². The fraction of sp³-hybridized carbons (Fsp3) is 0.263. The van der Waals surface area contributed by atoms with Crippen molar-refractivity contribution < 1.29 is 23.5 Å². The molecule has 2 rings (SSSR count). The van der Waals surface area contributed by atoms with E-state index in [0.717, 1.165) is 12.0 Å². The van der Waals surface area contributed by atoms with Gasteiger partial charge in [0, 0.05) is 5.69 Å². The van der Waals surface area contributed by atoms with Gasteiger partial charge in [0.25, 0.3) is 5.91 Å². The molecule has 0 aromatic heterocycles. The normalized spacial score (nSPS) is 11.5. The monoisotopic (exact) mass is 345 g/mol. The Morgan fingerprint density at radius 1 is 1.08 bits per heavy atom. The molecule has 0 spiro atoms. The van der Waals surface area contributed by atoms with E-state index in [1.54, 1.807) is 12.1 Å². The highest BCUT2D eigenvalue weighted by molar-refractivity contribution is 5.95. The summed E-state index contributed by atoms with van der Waals surface area (Å²) in [7, 11) is 0. The number of hydrogen-bond donors (Lipinski definition) is 1. The third-order valence-corrected chi connectivity index (χ3v) is 3.48. The van der Waals surface area contributed by atoms with E-state index in [4.69, 9.17) is 9.47 Å². The van der Waals surface area contributed by atoms with Crippen molar-refractivity contribution in [1.82, 2.24) is 0 Å². The topological polar surface area (TPSA) is 64.6 Å². The van der Waals surface area contributed by atoms with Crippen molar-refractivity contribution in [2.75, 3.05) is 11.9 Å². The van der Waals surface area contributed by atoms with Crippen LogP contribution in [-0.2, 0) is 20.7 Å². The van der Waals surface area contributed by atoms with Crippen LogP contribution in [0.1, 0.15) is 19.4 Å². The smallest absolute Gasteiger partial charge is 0.344 e. The molecule has 0 aliphatic heterocycles. The molecule has 0 aliphatic rings. The van der Waals surface area contributed by atoms with Gasteiger partial charge in [-0.2, -0.15) is 0 Å². The van der Waals surface area contributed by atoms with Crippen molar-refractivity contribution in [1.29, 1.82) is 0 Å². The lowest BCUT2D eigenvalue weighted by Gasteiger charge is -2.14. The number of aryl methyl sites for hydroxylation is 1. The second-order valence-corrected chi connectivity index (χ2v) is 5.41. The molecule has 132 valence electrons. The van der Waals surface area contributed by atoms with Crippen LogP contribution in [-0.4, -0.2) is 24.6 Å². The van der Waals surface area contributed by atoms with Crippen LogP contribution in [0.2, 0.25) is 0 Å². The molecule has 1 N–H and O–H groups in total. The molecule has 1 atom stereocenters. The molecule has 1 amide bonds. The van der Waals surface area contributed by atoms with Gasteiger partial charge in [-0.3, -0.25) is 4.79 Å². The zero-order valence-electron chi connectivity index (χ0n) is 14.1. The zero-order chi connectivity index (χ0) is 18.2. The van der Waals surface area contributed by atoms with Crippen molar-refractivity contribution in [3.63, 3.8) is 0 Å². The first-order valence-corrected chi connectivity index (χ1v) is 7.95. The van der Waals surface area contributed by atoms with Crippen molar-refractivity contribution in [3.05, 3.63) is 59.9 Å². The molecule has 25 heavy (non-hydrogen) atoms. The van der Waals surface area contributed by atoms with Crippen LogP contribution in [0.15, 0.2) is 48.5 Å². The van der Waals surface area contributed by atoms with Gasteiger partial charge in [-0.15, -0.1) is 0 Å². The molecule has 0 radical (unpaired) electrons. The van der Waals surface area contributed by atoms with E-state index >= 15 is 0 Å². The van der Waals surface area contributed by atoms with E-state index < -0.39 is 23.8 Å². The van der Waals surface area contributed by atoms with E-state index in [1.165, 1.54) is 31.2 Å². The molecule has 0 aliphatic carbocycles. The Morgan fingerprint density at radius 3 is 2.32 bits per heavy atom. The van der Waals surface area contributed by atoms with Crippen molar-refractivity contribution in [2.24, 2.45) is 0 Å². The lowest BCUT2D eigenvalue weighted by Crippen LogP contribution is -2.31. The maximum absolute atomic E-state index is 12.8. The maximum atomic E-state index is 12.8. The highest BCUT2D eigenvalue weighted by atomic mass is 19.1. The number of halogens is 1. The predicted octanol–water partition coefficient (Wildman–Crippen LogP) is 3.34. The number of hydrogen-bond acceptors (Lipinski definition) is 4. The summed E-state index contributed by atoms with van der Waals surface area (Å²) in [6.45, 7) is 3.16. The maximum Gasteiger partial charge on any atom is 0.344 e. The average Bonchev–Trinajstić information content (AvgIpc) is 2.61. The van der Waals surface area contributed by atoms with Crippen LogP contribution >= 0.6 is 0 Å².